The lowest BCUT2D eigenvalue weighted by molar-refractivity contribution is -0.126. The van der Waals surface area contributed by atoms with Crippen molar-refractivity contribution in [1.82, 2.24) is 0 Å². The van der Waals surface area contributed by atoms with Crippen LogP contribution in [0.4, 0.5) is 5.69 Å². The molecule has 0 heterocycles. The van der Waals surface area contributed by atoms with Gasteiger partial charge in [0, 0.05) is 18.3 Å². The summed E-state index contributed by atoms with van der Waals surface area (Å²) in [5, 5.41) is 9.63. The highest BCUT2D eigenvalue weighted by Gasteiger charge is 2.44. The van der Waals surface area contributed by atoms with E-state index in [9.17, 15) is 9.90 Å². The summed E-state index contributed by atoms with van der Waals surface area (Å²) in [7, 11) is 0. The molecule has 0 bridgehead atoms. The molecule has 4 nitrogen and oxygen atoms in total. The fraction of sp³-hybridized carbons (Fsp3) is 0.500. The minimum absolute atomic E-state index is 0.0391. The van der Waals surface area contributed by atoms with Crippen molar-refractivity contribution in [2.24, 2.45) is 11.1 Å². The fourth-order valence-electron chi connectivity index (χ4n) is 3.08. The van der Waals surface area contributed by atoms with Crippen molar-refractivity contribution < 1.29 is 9.90 Å². The second kappa shape index (κ2) is 6.43. The average molecular weight is 306 g/mol. The number of amides is 1. The molecule has 1 aromatic rings. The zero-order valence-corrected chi connectivity index (χ0v) is 13.2. The third kappa shape index (κ3) is 3.02. The Morgan fingerprint density at radius 3 is 2.57 bits per heavy atom. The molecule has 5 heteroatoms. The number of anilines is 1. The number of nitrogens with zero attached hydrogens (tertiary/aromatic N) is 1. The number of carbonyl (C=O) groups excluding carboxylic acids is 1. The van der Waals surface area contributed by atoms with Gasteiger partial charge in [0.1, 0.15) is 5.75 Å². The van der Waals surface area contributed by atoms with Gasteiger partial charge in [-0.15, -0.1) is 0 Å². The molecule has 0 aliphatic heterocycles. The van der Waals surface area contributed by atoms with E-state index in [2.05, 4.69) is 0 Å². The molecular weight excluding hydrogens is 284 g/mol. The fourth-order valence-corrected chi connectivity index (χ4v) is 3.38. The molecule has 2 rings (SSSR count). The van der Waals surface area contributed by atoms with Gasteiger partial charge >= 0.3 is 0 Å². The number of thiocarbonyl (C=S) groups is 1. The van der Waals surface area contributed by atoms with Gasteiger partial charge in [-0.25, -0.2) is 0 Å². The van der Waals surface area contributed by atoms with Crippen molar-refractivity contribution >= 4 is 28.8 Å². The van der Waals surface area contributed by atoms with Crippen molar-refractivity contribution in [3.63, 3.8) is 0 Å². The Bertz CT molecular complexity index is 539. The second-order valence-electron chi connectivity index (χ2n) is 5.58. The van der Waals surface area contributed by atoms with Gasteiger partial charge in [-0.05, 0) is 31.9 Å². The first-order chi connectivity index (χ1) is 10.0. The second-order valence-corrected chi connectivity index (χ2v) is 6.02. The molecular formula is C16H22N2O2S. The van der Waals surface area contributed by atoms with Crippen LogP contribution in [-0.2, 0) is 4.79 Å². The van der Waals surface area contributed by atoms with Crippen LogP contribution in [0.1, 0.15) is 39.0 Å². The lowest BCUT2D eigenvalue weighted by atomic mass is 9.72. The number of nitrogens with two attached hydrogens (primary N) is 1. The lowest BCUT2D eigenvalue weighted by Gasteiger charge is -2.38. The van der Waals surface area contributed by atoms with Crippen LogP contribution in [0.15, 0.2) is 24.3 Å². The number of hydrogen-bond acceptors (Lipinski definition) is 3. The highest BCUT2D eigenvalue weighted by Crippen LogP contribution is 2.39. The molecule has 0 atom stereocenters. The standard InChI is InChI=1S/C16H22N2O2S/c1-2-18(12-7-6-8-13(19)11-12)15(20)16(14(17)21)9-4-3-5-10-16/h6-8,11,19H,2-5,9-10H2,1H3,(H2,17,21). The van der Waals surface area contributed by atoms with E-state index in [1.54, 1.807) is 23.1 Å². The maximum Gasteiger partial charge on any atom is 0.240 e. The number of carbonyl (C=O) groups is 1. The Balaban J connectivity index is 2.36. The summed E-state index contributed by atoms with van der Waals surface area (Å²) >= 11 is 5.23. The lowest BCUT2D eigenvalue weighted by Crippen LogP contribution is -2.51. The van der Waals surface area contributed by atoms with Crippen molar-refractivity contribution in [2.45, 2.75) is 39.0 Å². The van der Waals surface area contributed by atoms with Crippen molar-refractivity contribution in [1.29, 1.82) is 0 Å². The van der Waals surface area contributed by atoms with E-state index < -0.39 is 5.41 Å². The molecule has 21 heavy (non-hydrogen) atoms. The van der Waals surface area contributed by atoms with Crippen molar-refractivity contribution in [3.05, 3.63) is 24.3 Å². The Labute approximate surface area is 130 Å². The van der Waals surface area contributed by atoms with Gasteiger partial charge in [0.15, 0.2) is 0 Å². The summed E-state index contributed by atoms with van der Waals surface area (Å²) < 4.78 is 0. The van der Waals surface area contributed by atoms with Crippen LogP contribution >= 0.6 is 12.2 Å². The SMILES string of the molecule is CCN(C(=O)C1(C(N)=S)CCCCC1)c1cccc(O)c1. The number of aromatic hydroxyl groups is 1. The Morgan fingerprint density at radius 2 is 2.05 bits per heavy atom. The van der Waals surface area contributed by atoms with Crippen LogP contribution in [0.2, 0.25) is 0 Å². The van der Waals surface area contributed by atoms with Crippen LogP contribution in [0.25, 0.3) is 0 Å². The highest BCUT2D eigenvalue weighted by molar-refractivity contribution is 7.80. The smallest absolute Gasteiger partial charge is 0.240 e. The number of rotatable bonds is 4. The molecule has 3 N–H and O–H groups in total. The molecule has 114 valence electrons. The third-order valence-corrected chi connectivity index (χ3v) is 4.68. The summed E-state index contributed by atoms with van der Waals surface area (Å²) in [6.45, 7) is 2.44. The van der Waals surface area contributed by atoms with Crippen LogP contribution in [-0.4, -0.2) is 22.5 Å². The first-order valence-electron chi connectivity index (χ1n) is 7.42. The molecule has 1 aliphatic carbocycles. The van der Waals surface area contributed by atoms with E-state index in [1.165, 1.54) is 0 Å². The van der Waals surface area contributed by atoms with Crippen LogP contribution in [0.3, 0.4) is 0 Å². The number of benzene rings is 1. The van der Waals surface area contributed by atoms with Crippen LogP contribution in [0.5, 0.6) is 5.75 Å². The molecule has 0 saturated heterocycles. The first-order valence-corrected chi connectivity index (χ1v) is 7.83. The van der Waals surface area contributed by atoms with Gasteiger partial charge in [0.05, 0.1) is 10.4 Å². The molecule has 0 aromatic heterocycles. The minimum Gasteiger partial charge on any atom is -0.508 e. The van der Waals surface area contributed by atoms with Gasteiger partial charge in [0.2, 0.25) is 5.91 Å². The predicted molar refractivity (Wildman–Crippen MR) is 88.4 cm³/mol. The van der Waals surface area contributed by atoms with E-state index in [4.69, 9.17) is 18.0 Å². The van der Waals surface area contributed by atoms with Crippen molar-refractivity contribution in [3.8, 4) is 5.75 Å². The Kier molecular flexibility index (Phi) is 4.83. The molecule has 1 saturated carbocycles. The third-order valence-electron chi connectivity index (χ3n) is 4.29. The maximum absolute atomic E-state index is 13.1. The Morgan fingerprint density at radius 1 is 1.38 bits per heavy atom. The predicted octanol–water partition coefficient (Wildman–Crippen LogP) is 2.98. The zero-order valence-electron chi connectivity index (χ0n) is 12.3. The monoisotopic (exact) mass is 306 g/mol. The molecule has 0 spiro atoms. The van der Waals surface area contributed by atoms with E-state index >= 15 is 0 Å². The van der Waals surface area contributed by atoms with Gasteiger partial charge < -0.3 is 15.7 Å². The first kappa shape index (κ1) is 15.8. The van der Waals surface area contributed by atoms with Gasteiger partial charge in [-0.2, -0.15) is 0 Å². The number of phenols is 1. The summed E-state index contributed by atoms with van der Waals surface area (Å²) in [4.78, 5) is 15.0. The Hall–Kier alpha value is -1.62. The number of phenolic OH excluding ortho intramolecular Hbond substituents is 1. The molecule has 0 radical (unpaired) electrons. The zero-order chi connectivity index (χ0) is 15.5. The minimum atomic E-state index is -0.727. The molecule has 0 unspecified atom stereocenters. The normalized spacial score (nSPS) is 17.2. The van der Waals surface area contributed by atoms with Gasteiger partial charge in [-0.3, -0.25) is 4.79 Å². The molecule has 1 aromatic carbocycles. The number of hydrogen-bond donors (Lipinski definition) is 2. The summed E-state index contributed by atoms with van der Waals surface area (Å²) in [6.07, 6.45) is 4.50. The van der Waals surface area contributed by atoms with E-state index in [0.717, 1.165) is 32.1 Å². The average Bonchev–Trinajstić information content (AvgIpc) is 2.48. The molecule has 1 fully saturated rings. The van der Waals surface area contributed by atoms with E-state index in [1.807, 2.05) is 13.0 Å². The van der Waals surface area contributed by atoms with Gasteiger partial charge in [0.25, 0.3) is 0 Å². The summed E-state index contributed by atoms with van der Waals surface area (Å²) in [5.74, 6) is 0.106. The van der Waals surface area contributed by atoms with Gasteiger partial charge in [-0.1, -0.05) is 37.5 Å². The van der Waals surface area contributed by atoms with Crippen LogP contribution in [0, 0.1) is 5.41 Å². The summed E-state index contributed by atoms with van der Waals surface area (Å²) in [5.41, 5.74) is 5.89. The quantitative estimate of drug-likeness (QED) is 0.839. The maximum atomic E-state index is 13.1. The van der Waals surface area contributed by atoms with Crippen molar-refractivity contribution in [2.75, 3.05) is 11.4 Å². The highest BCUT2D eigenvalue weighted by atomic mass is 32.1. The summed E-state index contributed by atoms with van der Waals surface area (Å²) in [6, 6.07) is 6.73. The van der Waals surface area contributed by atoms with E-state index in [0.29, 0.717) is 17.2 Å². The molecule has 1 aliphatic rings. The molecule has 1 amide bonds. The largest absolute Gasteiger partial charge is 0.508 e. The van der Waals surface area contributed by atoms with Crippen LogP contribution < -0.4 is 10.6 Å². The van der Waals surface area contributed by atoms with E-state index in [-0.39, 0.29) is 11.7 Å². The topological polar surface area (TPSA) is 66.6 Å².